The van der Waals surface area contributed by atoms with Crippen LogP contribution in [-0.4, -0.2) is 29.2 Å². The summed E-state index contributed by atoms with van der Waals surface area (Å²) in [5.74, 6) is -0.506. The SMILES string of the molecule is O=C(NO)C1CCN(c2ncc(C(F)(F)F)cc2Cl)CC1. The van der Waals surface area contributed by atoms with E-state index in [-0.39, 0.29) is 16.8 Å². The second-order valence-corrected chi connectivity index (χ2v) is 5.17. The molecule has 0 aliphatic carbocycles. The highest BCUT2D eigenvalue weighted by Crippen LogP contribution is 2.34. The Morgan fingerprint density at radius 2 is 2.05 bits per heavy atom. The first kappa shape index (κ1) is 15.8. The first-order chi connectivity index (χ1) is 9.82. The molecule has 1 fully saturated rings. The molecule has 0 spiro atoms. The quantitative estimate of drug-likeness (QED) is 0.648. The first-order valence-electron chi connectivity index (χ1n) is 6.24. The highest BCUT2D eigenvalue weighted by Gasteiger charge is 2.32. The van der Waals surface area contributed by atoms with Gasteiger partial charge >= 0.3 is 6.18 Å². The highest BCUT2D eigenvalue weighted by molar-refractivity contribution is 6.33. The highest BCUT2D eigenvalue weighted by atomic mass is 35.5. The Labute approximate surface area is 123 Å². The topological polar surface area (TPSA) is 65.5 Å². The van der Waals surface area contributed by atoms with Crippen molar-refractivity contribution in [3.8, 4) is 0 Å². The van der Waals surface area contributed by atoms with E-state index in [0.29, 0.717) is 25.9 Å². The molecule has 1 aliphatic rings. The van der Waals surface area contributed by atoms with Crippen LogP contribution in [0.5, 0.6) is 0 Å². The van der Waals surface area contributed by atoms with Crippen molar-refractivity contribution in [2.45, 2.75) is 19.0 Å². The molecule has 2 heterocycles. The van der Waals surface area contributed by atoms with E-state index >= 15 is 0 Å². The van der Waals surface area contributed by atoms with Crippen LogP contribution in [0.1, 0.15) is 18.4 Å². The number of carbonyl (C=O) groups excluding carboxylic acids is 1. The molecule has 0 bridgehead atoms. The predicted molar refractivity (Wildman–Crippen MR) is 69.1 cm³/mol. The standard InChI is InChI=1S/C12H13ClF3N3O2/c13-9-5-8(12(14,15)16)6-17-10(9)19-3-1-7(2-4-19)11(20)18-21/h5-7,21H,1-4H2,(H,18,20). The van der Waals surface area contributed by atoms with Crippen LogP contribution in [0.3, 0.4) is 0 Å². The van der Waals surface area contributed by atoms with Gasteiger partial charge in [-0.05, 0) is 18.9 Å². The van der Waals surface area contributed by atoms with Crippen molar-refractivity contribution in [2.75, 3.05) is 18.0 Å². The average Bonchev–Trinajstić information content (AvgIpc) is 2.45. The molecular weight excluding hydrogens is 311 g/mol. The van der Waals surface area contributed by atoms with Crippen LogP contribution in [0.25, 0.3) is 0 Å². The molecule has 0 aromatic carbocycles. The van der Waals surface area contributed by atoms with Crippen molar-refractivity contribution in [2.24, 2.45) is 5.92 Å². The Morgan fingerprint density at radius 3 is 2.52 bits per heavy atom. The lowest BCUT2D eigenvalue weighted by molar-refractivity contribution is -0.138. The summed E-state index contributed by atoms with van der Waals surface area (Å²) in [6.07, 6.45) is -2.81. The lowest BCUT2D eigenvalue weighted by Crippen LogP contribution is -2.40. The van der Waals surface area contributed by atoms with E-state index in [2.05, 4.69) is 4.98 Å². The summed E-state index contributed by atoms with van der Waals surface area (Å²) in [4.78, 5) is 16.8. The minimum atomic E-state index is -4.48. The molecule has 0 saturated carbocycles. The Balaban J connectivity index is 2.09. The zero-order valence-corrected chi connectivity index (χ0v) is 11.6. The van der Waals surface area contributed by atoms with Crippen molar-refractivity contribution in [1.82, 2.24) is 10.5 Å². The van der Waals surface area contributed by atoms with Gasteiger partial charge < -0.3 is 4.90 Å². The Hall–Kier alpha value is -1.54. The number of piperidine rings is 1. The minimum absolute atomic E-state index is 0.0742. The van der Waals surface area contributed by atoms with Gasteiger partial charge in [0.05, 0.1) is 10.6 Å². The smallest absolute Gasteiger partial charge is 0.355 e. The molecule has 1 aromatic heterocycles. The number of hydrogen-bond acceptors (Lipinski definition) is 4. The van der Waals surface area contributed by atoms with Gasteiger partial charge in [-0.3, -0.25) is 10.0 Å². The van der Waals surface area contributed by atoms with Crippen LogP contribution in [0.2, 0.25) is 5.02 Å². The summed E-state index contributed by atoms with van der Waals surface area (Å²) < 4.78 is 37.6. The molecule has 0 atom stereocenters. The normalized spacial score (nSPS) is 16.9. The molecule has 0 radical (unpaired) electrons. The van der Waals surface area contributed by atoms with Gasteiger partial charge in [0, 0.05) is 25.2 Å². The molecule has 116 valence electrons. The van der Waals surface area contributed by atoms with E-state index in [9.17, 15) is 18.0 Å². The maximum atomic E-state index is 12.5. The van der Waals surface area contributed by atoms with Gasteiger partial charge in [0.1, 0.15) is 5.82 Å². The number of hydroxylamine groups is 1. The molecule has 1 amide bonds. The van der Waals surface area contributed by atoms with Gasteiger partial charge in [-0.15, -0.1) is 0 Å². The second kappa shape index (κ2) is 6.07. The Morgan fingerprint density at radius 1 is 1.43 bits per heavy atom. The third kappa shape index (κ3) is 3.56. The summed E-state index contributed by atoms with van der Waals surface area (Å²) in [5.41, 5.74) is 0.703. The first-order valence-corrected chi connectivity index (χ1v) is 6.62. The molecule has 1 saturated heterocycles. The maximum Gasteiger partial charge on any atom is 0.417 e. The summed E-state index contributed by atoms with van der Waals surface area (Å²) in [7, 11) is 0. The molecule has 9 heteroatoms. The number of aromatic nitrogens is 1. The zero-order chi connectivity index (χ0) is 15.6. The van der Waals surface area contributed by atoms with Crippen molar-refractivity contribution < 1.29 is 23.2 Å². The van der Waals surface area contributed by atoms with Crippen molar-refractivity contribution in [3.63, 3.8) is 0 Å². The number of pyridine rings is 1. The number of halogens is 4. The third-order valence-electron chi connectivity index (χ3n) is 3.42. The molecular formula is C12H13ClF3N3O2. The Kier molecular flexibility index (Phi) is 4.58. The van der Waals surface area contributed by atoms with Crippen molar-refractivity contribution in [3.05, 3.63) is 22.8 Å². The zero-order valence-electron chi connectivity index (χ0n) is 10.8. The second-order valence-electron chi connectivity index (χ2n) is 4.76. The van der Waals surface area contributed by atoms with E-state index in [1.54, 1.807) is 10.4 Å². The van der Waals surface area contributed by atoms with Crippen LogP contribution in [-0.2, 0) is 11.0 Å². The average molecular weight is 324 g/mol. The number of hydrogen-bond donors (Lipinski definition) is 2. The van der Waals surface area contributed by atoms with E-state index in [1.165, 1.54) is 0 Å². The molecule has 1 aromatic rings. The third-order valence-corrected chi connectivity index (χ3v) is 3.70. The van der Waals surface area contributed by atoms with Gasteiger partial charge in [-0.2, -0.15) is 13.2 Å². The summed E-state index contributed by atoms with van der Waals surface area (Å²) in [6, 6.07) is 0.844. The number of rotatable bonds is 2. The molecule has 0 unspecified atom stereocenters. The van der Waals surface area contributed by atoms with E-state index in [4.69, 9.17) is 16.8 Å². The van der Waals surface area contributed by atoms with Crippen molar-refractivity contribution in [1.29, 1.82) is 0 Å². The molecule has 21 heavy (non-hydrogen) atoms. The fourth-order valence-corrected chi connectivity index (χ4v) is 2.55. The Bertz CT molecular complexity index is 531. The van der Waals surface area contributed by atoms with E-state index in [0.717, 1.165) is 12.3 Å². The van der Waals surface area contributed by atoms with Crippen LogP contribution in [0.15, 0.2) is 12.3 Å². The van der Waals surface area contributed by atoms with Gasteiger partial charge in [0.15, 0.2) is 0 Å². The summed E-state index contributed by atoms with van der Waals surface area (Å²) >= 11 is 5.87. The molecule has 2 N–H and O–H groups in total. The lowest BCUT2D eigenvalue weighted by Gasteiger charge is -2.32. The molecule has 1 aliphatic heterocycles. The predicted octanol–water partition coefficient (Wildman–Crippen LogP) is 2.48. The molecule has 5 nitrogen and oxygen atoms in total. The number of alkyl halides is 3. The minimum Gasteiger partial charge on any atom is -0.355 e. The van der Waals surface area contributed by atoms with Crippen molar-refractivity contribution >= 4 is 23.3 Å². The number of amides is 1. The number of carbonyl (C=O) groups is 1. The largest absolute Gasteiger partial charge is 0.417 e. The lowest BCUT2D eigenvalue weighted by atomic mass is 9.96. The fourth-order valence-electron chi connectivity index (χ4n) is 2.26. The number of nitrogens with one attached hydrogen (secondary N) is 1. The van der Waals surface area contributed by atoms with Crippen LogP contribution in [0.4, 0.5) is 19.0 Å². The van der Waals surface area contributed by atoms with Gasteiger partial charge in [0.25, 0.3) is 0 Å². The van der Waals surface area contributed by atoms with E-state index < -0.39 is 17.6 Å². The monoisotopic (exact) mass is 323 g/mol. The number of anilines is 1. The van der Waals surface area contributed by atoms with Gasteiger partial charge in [-0.25, -0.2) is 10.5 Å². The molecule has 2 rings (SSSR count). The van der Waals surface area contributed by atoms with Gasteiger partial charge in [-0.1, -0.05) is 11.6 Å². The maximum absolute atomic E-state index is 12.5. The number of nitrogens with zero attached hydrogens (tertiary/aromatic N) is 2. The van der Waals surface area contributed by atoms with Crippen LogP contribution < -0.4 is 10.4 Å². The van der Waals surface area contributed by atoms with Gasteiger partial charge in [0.2, 0.25) is 5.91 Å². The fraction of sp³-hybridized carbons (Fsp3) is 0.500. The van der Waals surface area contributed by atoms with E-state index in [1.807, 2.05) is 0 Å². The summed E-state index contributed by atoms with van der Waals surface area (Å²) in [6.45, 7) is 0.854. The summed E-state index contributed by atoms with van der Waals surface area (Å²) in [5, 5.41) is 8.49. The van der Waals surface area contributed by atoms with Crippen LogP contribution in [0, 0.1) is 5.92 Å². The van der Waals surface area contributed by atoms with Crippen LogP contribution >= 0.6 is 11.6 Å².